The molecular weight excluding hydrogens is 392 g/mol. The molecule has 28 heavy (non-hydrogen) atoms. The fraction of sp³-hybridized carbons (Fsp3) is 0.500. The maximum atomic E-state index is 11.6. The molecule has 156 valence electrons. The van der Waals surface area contributed by atoms with Crippen LogP contribution in [0.2, 0.25) is 0 Å². The van der Waals surface area contributed by atoms with Crippen LogP contribution < -0.4 is 0 Å². The van der Waals surface area contributed by atoms with E-state index in [2.05, 4.69) is 0 Å². The minimum atomic E-state index is -2.75. The summed E-state index contributed by atoms with van der Waals surface area (Å²) in [6, 6.07) is 0. The largest absolute Gasteiger partial charge is 0.481 e. The van der Waals surface area contributed by atoms with Crippen molar-refractivity contribution in [1.29, 1.82) is 0 Å². The second kappa shape index (κ2) is 9.84. The highest BCUT2D eigenvalue weighted by molar-refractivity contribution is 5.92. The van der Waals surface area contributed by atoms with E-state index < -0.39 is 84.2 Å². The smallest absolute Gasteiger partial charge is 0.308 e. The van der Waals surface area contributed by atoms with Crippen LogP contribution >= 0.6 is 0 Å². The molecule has 0 aliphatic carbocycles. The van der Waals surface area contributed by atoms with Crippen molar-refractivity contribution in [2.75, 3.05) is 0 Å². The second-order valence-electron chi connectivity index (χ2n) is 5.68. The van der Waals surface area contributed by atoms with Gasteiger partial charge in [-0.3, -0.25) is 33.6 Å². The van der Waals surface area contributed by atoms with Crippen molar-refractivity contribution in [2.24, 2.45) is 29.6 Å². The molecule has 0 heterocycles. The molecule has 4 unspecified atom stereocenters. The van der Waals surface area contributed by atoms with Crippen LogP contribution in [0.3, 0.4) is 0 Å². The molecule has 0 aromatic heterocycles. The maximum absolute atomic E-state index is 11.6. The monoisotopic (exact) mass is 408 g/mol. The molecule has 0 aromatic carbocycles. The Morgan fingerprint density at radius 1 is 0.429 bits per heavy atom. The molecule has 4 atom stereocenters. The van der Waals surface area contributed by atoms with Crippen molar-refractivity contribution in [3.8, 4) is 0 Å². The molecule has 0 aliphatic heterocycles. The summed E-state index contributed by atoms with van der Waals surface area (Å²) >= 11 is 0. The summed E-state index contributed by atoms with van der Waals surface area (Å²) in [6.45, 7) is 0. The highest BCUT2D eigenvalue weighted by atomic mass is 16.4. The van der Waals surface area contributed by atoms with Gasteiger partial charge in [0.05, 0.1) is 42.4 Å². The van der Waals surface area contributed by atoms with Crippen molar-refractivity contribution in [2.45, 2.75) is 12.8 Å². The Kier molecular flexibility index (Phi) is 8.54. The Balaban J connectivity index is 6.61. The van der Waals surface area contributed by atoms with Crippen LogP contribution in [0.25, 0.3) is 0 Å². The highest BCUT2D eigenvalue weighted by Crippen LogP contribution is 2.36. The summed E-state index contributed by atoms with van der Waals surface area (Å²) in [5, 5.41) is 63.6. The van der Waals surface area contributed by atoms with Crippen LogP contribution in [0.5, 0.6) is 0 Å². The molecule has 0 bridgehead atoms. The van der Waals surface area contributed by atoms with Crippen LogP contribution in [0, 0.1) is 29.6 Å². The van der Waals surface area contributed by atoms with Gasteiger partial charge >= 0.3 is 41.8 Å². The molecule has 0 aromatic rings. The first-order chi connectivity index (χ1) is 12.7. The van der Waals surface area contributed by atoms with Crippen LogP contribution in [-0.4, -0.2) is 77.5 Å². The van der Waals surface area contributed by atoms with Gasteiger partial charge in [0.25, 0.3) is 0 Å². The lowest BCUT2D eigenvalue weighted by Gasteiger charge is -2.31. The third-order valence-corrected chi connectivity index (χ3v) is 3.92. The van der Waals surface area contributed by atoms with Crippen LogP contribution in [0.1, 0.15) is 12.8 Å². The molecule has 0 rings (SSSR count). The number of carboxylic acid groups (broad SMARTS) is 7. The SMILES string of the molecule is O=C(O)CC(C(=O)O)C(C(=O)O)C(C(=O)O)C(C(=O)O)C(CC(=O)O)C(=O)O. The van der Waals surface area contributed by atoms with E-state index in [9.17, 15) is 48.9 Å². The number of hydrogen-bond donors (Lipinski definition) is 7. The molecule has 0 radical (unpaired) electrons. The first kappa shape index (κ1) is 24.3. The number of hydrogen-bond acceptors (Lipinski definition) is 7. The quantitative estimate of drug-likeness (QED) is 0.182. The third-order valence-electron chi connectivity index (χ3n) is 3.92. The van der Waals surface area contributed by atoms with E-state index in [4.69, 9.17) is 20.4 Å². The van der Waals surface area contributed by atoms with Crippen LogP contribution in [0.15, 0.2) is 0 Å². The molecule has 0 saturated carbocycles. The average Bonchev–Trinajstić information content (AvgIpc) is 2.49. The Hall–Kier alpha value is -3.71. The molecule has 0 saturated heterocycles. The average molecular weight is 408 g/mol. The van der Waals surface area contributed by atoms with E-state index >= 15 is 0 Å². The molecule has 0 aliphatic rings. The third kappa shape index (κ3) is 6.22. The van der Waals surface area contributed by atoms with Gasteiger partial charge in [-0.15, -0.1) is 0 Å². The van der Waals surface area contributed by atoms with E-state index in [1.165, 1.54) is 0 Å². The van der Waals surface area contributed by atoms with E-state index in [-0.39, 0.29) is 0 Å². The van der Waals surface area contributed by atoms with E-state index in [1.807, 2.05) is 0 Å². The summed E-state index contributed by atoms with van der Waals surface area (Å²) < 4.78 is 0. The Labute approximate surface area is 154 Å². The predicted molar refractivity (Wildman–Crippen MR) is 80.1 cm³/mol. The van der Waals surface area contributed by atoms with Gasteiger partial charge in [0.15, 0.2) is 0 Å². The molecule has 0 fully saturated rings. The Bertz CT molecular complexity index is 642. The van der Waals surface area contributed by atoms with Gasteiger partial charge in [-0.25, -0.2) is 0 Å². The predicted octanol–water partition coefficient (Wildman–Crippen LogP) is -1.56. The summed E-state index contributed by atoms with van der Waals surface area (Å²) in [4.78, 5) is 79.0. The first-order valence-electron chi connectivity index (χ1n) is 7.29. The van der Waals surface area contributed by atoms with E-state index in [0.29, 0.717) is 0 Å². The topological polar surface area (TPSA) is 261 Å². The standard InChI is InChI=1S/C14H16O14/c15-5(16)1-3(10(19)20)7(12(23)24)9(14(27)28)8(13(25)26)4(11(21)22)2-6(17)18/h3-4,7-9H,1-2H2,(H,15,16)(H,17,18)(H,19,20)(H,21,22)(H,23,24)(H,25,26)(H,27,28). The summed E-state index contributed by atoms with van der Waals surface area (Å²) in [5.41, 5.74) is 0. The maximum Gasteiger partial charge on any atom is 0.308 e. The minimum Gasteiger partial charge on any atom is -0.481 e. The molecule has 7 N–H and O–H groups in total. The van der Waals surface area contributed by atoms with Crippen molar-refractivity contribution in [1.82, 2.24) is 0 Å². The van der Waals surface area contributed by atoms with Gasteiger partial charge in [0, 0.05) is 0 Å². The van der Waals surface area contributed by atoms with Crippen molar-refractivity contribution in [3.05, 3.63) is 0 Å². The van der Waals surface area contributed by atoms with Crippen molar-refractivity contribution in [3.63, 3.8) is 0 Å². The molecule has 14 nitrogen and oxygen atoms in total. The lowest BCUT2D eigenvalue weighted by molar-refractivity contribution is -0.174. The number of carboxylic acids is 7. The Morgan fingerprint density at radius 2 is 0.679 bits per heavy atom. The molecule has 14 heteroatoms. The van der Waals surface area contributed by atoms with E-state index in [1.54, 1.807) is 0 Å². The number of rotatable bonds is 13. The van der Waals surface area contributed by atoms with Gasteiger partial charge in [-0.2, -0.15) is 0 Å². The second-order valence-corrected chi connectivity index (χ2v) is 5.68. The van der Waals surface area contributed by atoms with Gasteiger partial charge in [-0.1, -0.05) is 0 Å². The lowest BCUT2D eigenvalue weighted by atomic mass is 9.69. The minimum absolute atomic E-state index is 1.40. The summed E-state index contributed by atoms with van der Waals surface area (Å²) in [5.74, 6) is -27.4. The van der Waals surface area contributed by atoms with Gasteiger partial charge < -0.3 is 35.7 Å². The van der Waals surface area contributed by atoms with Gasteiger partial charge in [0.2, 0.25) is 0 Å². The van der Waals surface area contributed by atoms with Crippen LogP contribution in [0.4, 0.5) is 0 Å². The van der Waals surface area contributed by atoms with Crippen LogP contribution in [-0.2, 0) is 33.6 Å². The van der Waals surface area contributed by atoms with Crippen molar-refractivity contribution < 1.29 is 69.3 Å². The Morgan fingerprint density at radius 3 is 0.821 bits per heavy atom. The fourth-order valence-electron chi connectivity index (χ4n) is 2.79. The zero-order chi connectivity index (χ0) is 22.3. The van der Waals surface area contributed by atoms with Gasteiger partial charge in [-0.05, 0) is 0 Å². The molecular formula is C14H16O14. The van der Waals surface area contributed by atoms with Crippen molar-refractivity contribution >= 4 is 41.8 Å². The van der Waals surface area contributed by atoms with Gasteiger partial charge in [0.1, 0.15) is 0 Å². The van der Waals surface area contributed by atoms with E-state index in [0.717, 1.165) is 0 Å². The molecule has 0 amide bonds. The molecule has 0 spiro atoms. The lowest BCUT2D eigenvalue weighted by Crippen LogP contribution is -2.49. The normalized spacial score (nSPS) is 16.0. The first-order valence-corrected chi connectivity index (χ1v) is 7.29. The number of carbonyl (C=O) groups is 7. The highest BCUT2D eigenvalue weighted by Gasteiger charge is 2.53. The summed E-state index contributed by atoms with van der Waals surface area (Å²) in [6.07, 6.45) is -2.81. The fourth-order valence-corrected chi connectivity index (χ4v) is 2.79. The summed E-state index contributed by atoms with van der Waals surface area (Å²) in [7, 11) is 0. The zero-order valence-corrected chi connectivity index (χ0v) is 13.8. The number of aliphatic carboxylic acids is 7. The zero-order valence-electron chi connectivity index (χ0n) is 13.8.